The quantitative estimate of drug-likeness (QED) is 0.297. The molecule has 1 saturated heterocycles. The molecule has 0 spiro atoms. The van der Waals surface area contributed by atoms with Crippen LogP contribution in [0.2, 0.25) is 0 Å². The zero-order valence-corrected chi connectivity index (χ0v) is 21.4. The van der Waals surface area contributed by atoms with Crippen LogP contribution in [0.5, 0.6) is 0 Å². The number of amides is 1. The van der Waals surface area contributed by atoms with E-state index in [0.717, 1.165) is 51.0 Å². The summed E-state index contributed by atoms with van der Waals surface area (Å²) < 4.78 is 0. The molecule has 7 nitrogen and oxygen atoms in total. The van der Waals surface area contributed by atoms with E-state index in [1.165, 1.54) is 4.88 Å². The van der Waals surface area contributed by atoms with Crippen molar-refractivity contribution in [3.05, 3.63) is 46.8 Å². The predicted octanol–water partition coefficient (Wildman–Crippen LogP) is 3.16. The van der Waals surface area contributed by atoms with Crippen molar-refractivity contribution in [3.63, 3.8) is 0 Å². The van der Waals surface area contributed by atoms with Crippen molar-refractivity contribution in [2.45, 2.75) is 26.2 Å². The lowest BCUT2D eigenvalue weighted by Crippen LogP contribution is -2.49. The highest BCUT2D eigenvalue weighted by atomic mass is 127. The molecule has 1 fully saturated rings. The van der Waals surface area contributed by atoms with Gasteiger partial charge in [0.1, 0.15) is 5.82 Å². The van der Waals surface area contributed by atoms with Crippen LogP contribution in [0.25, 0.3) is 0 Å². The predicted molar refractivity (Wildman–Crippen MR) is 140 cm³/mol. The normalized spacial score (nSPS) is 15.2. The number of anilines is 1. The Morgan fingerprint density at radius 1 is 1.19 bits per heavy atom. The molecule has 1 amide bonds. The van der Waals surface area contributed by atoms with Crippen molar-refractivity contribution in [3.8, 4) is 0 Å². The number of hydrogen-bond acceptors (Lipinski definition) is 5. The molecule has 0 aliphatic carbocycles. The number of nitrogens with zero attached hydrogens (tertiary/aromatic N) is 4. The smallest absolute Gasteiger partial charge is 0.224 e. The minimum atomic E-state index is 0. The first-order valence-corrected chi connectivity index (χ1v) is 11.5. The molecular weight excluding hydrogens is 523 g/mol. The fourth-order valence-corrected chi connectivity index (χ4v) is 4.18. The molecule has 2 aromatic rings. The Balaban J connectivity index is 0.00000341. The van der Waals surface area contributed by atoms with Gasteiger partial charge in [0, 0.05) is 62.7 Å². The van der Waals surface area contributed by atoms with Crippen LogP contribution >= 0.6 is 35.3 Å². The topological polar surface area (TPSA) is 72.9 Å². The number of aromatic nitrogens is 1. The zero-order valence-electron chi connectivity index (χ0n) is 18.3. The van der Waals surface area contributed by atoms with Gasteiger partial charge in [-0.3, -0.25) is 9.79 Å². The summed E-state index contributed by atoms with van der Waals surface area (Å²) in [5.41, 5.74) is 0. The van der Waals surface area contributed by atoms with Gasteiger partial charge in [-0.2, -0.15) is 0 Å². The third-order valence-electron chi connectivity index (χ3n) is 5.13. The fourth-order valence-electron chi connectivity index (χ4n) is 3.40. The largest absolute Gasteiger partial charge is 0.357 e. The SMILES string of the molecule is CCNC(=NCC(C)c1cccs1)NCCC(=O)N1CCN(c2ccccn2)CC1.I. The van der Waals surface area contributed by atoms with E-state index in [2.05, 4.69) is 49.9 Å². The van der Waals surface area contributed by atoms with Crippen molar-refractivity contribution in [1.82, 2.24) is 20.5 Å². The van der Waals surface area contributed by atoms with E-state index < -0.39 is 0 Å². The number of hydrogen-bond donors (Lipinski definition) is 2. The molecule has 3 rings (SSSR count). The second kappa shape index (κ2) is 13.5. The molecule has 9 heteroatoms. The van der Waals surface area contributed by atoms with Crippen molar-refractivity contribution in [2.75, 3.05) is 50.7 Å². The van der Waals surface area contributed by atoms with Crippen LogP contribution in [0, 0.1) is 0 Å². The first kappa shape index (κ1) is 25.4. The highest BCUT2D eigenvalue weighted by molar-refractivity contribution is 14.0. The van der Waals surface area contributed by atoms with Crippen molar-refractivity contribution < 1.29 is 4.79 Å². The lowest BCUT2D eigenvalue weighted by Gasteiger charge is -2.35. The number of carbonyl (C=O) groups excluding carboxylic acids is 1. The summed E-state index contributed by atoms with van der Waals surface area (Å²) >= 11 is 1.76. The molecule has 1 atom stereocenters. The number of aliphatic imine (C=N–C) groups is 1. The third-order valence-corrected chi connectivity index (χ3v) is 6.24. The second-order valence-corrected chi connectivity index (χ2v) is 8.35. The number of nitrogens with one attached hydrogen (secondary N) is 2. The molecule has 0 saturated carbocycles. The highest BCUT2D eigenvalue weighted by Crippen LogP contribution is 2.20. The van der Waals surface area contributed by atoms with Crippen molar-refractivity contribution in [1.29, 1.82) is 0 Å². The summed E-state index contributed by atoms with van der Waals surface area (Å²) in [6.07, 6.45) is 2.28. The molecule has 0 bridgehead atoms. The third kappa shape index (κ3) is 7.95. The summed E-state index contributed by atoms with van der Waals surface area (Å²) in [6, 6.07) is 10.2. The van der Waals surface area contributed by atoms with Gasteiger partial charge < -0.3 is 20.4 Å². The minimum Gasteiger partial charge on any atom is -0.357 e. The van der Waals surface area contributed by atoms with E-state index in [-0.39, 0.29) is 29.9 Å². The Labute approximate surface area is 206 Å². The van der Waals surface area contributed by atoms with Crippen LogP contribution in [0.4, 0.5) is 5.82 Å². The van der Waals surface area contributed by atoms with Crippen molar-refractivity contribution >= 4 is 53.0 Å². The van der Waals surface area contributed by atoms with Gasteiger partial charge in [0.05, 0.1) is 6.54 Å². The molecule has 1 aliphatic rings. The van der Waals surface area contributed by atoms with Crippen LogP contribution in [-0.2, 0) is 4.79 Å². The number of pyridine rings is 1. The van der Waals surface area contributed by atoms with Gasteiger partial charge in [-0.05, 0) is 30.5 Å². The molecule has 2 aromatic heterocycles. The zero-order chi connectivity index (χ0) is 21.2. The average molecular weight is 557 g/mol. The maximum absolute atomic E-state index is 12.6. The van der Waals surface area contributed by atoms with E-state index >= 15 is 0 Å². The maximum atomic E-state index is 12.6. The van der Waals surface area contributed by atoms with E-state index in [9.17, 15) is 4.79 Å². The molecule has 1 unspecified atom stereocenters. The fraction of sp³-hybridized carbons (Fsp3) is 0.500. The van der Waals surface area contributed by atoms with E-state index in [1.54, 1.807) is 11.3 Å². The van der Waals surface area contributed by atoms with Gasteiger partial charge in [0.2, 0.25) is 5.91 Å². The number of rotatable bonds is 8. The molecule has 0 radical (unpaired) electrons. The van der Waals surface area contributed by atoms with E-state index in [4.69, 9.17) is 0 Å². The van der Waals surface area contributed by atoms with Crippen LogP contribution in [0.1, 0.15) is 31.1 Å². The monoisotopic (exact) mass is 556 g/mol. The van der Waals surface area contributed by atoms with Crippen LogP contribution in [0.3, 0.4) is 0 Å². The number of piperazine rings is 1. The Bertz CT molecular complexity index is 794. The molecular formula is C22H33IN6OS. The van der Waals surface area contributed by atoms with Gasteiger partial charge in [-0.15, -0.1) is 35.3 Å². The van der Waals surface area contributed by atoms with Crippen molar-refractivity contribution in [2.24, 2.45) is 4.99 Å². The van der Waals surface area contributed by atoms with E-state index in [0.29, 0.717) is 18.9 Å². The lowest BCUT2D eigenvalue weighted by molar-refractivity contribution is -0.131. The highest BCUT2D eigenvalue weighted by Gasteiger charge is 2.21. The first-order chi connectivity index (χ1) is 14.7. The molecule has 2 N–H and O–H groups in total. The lowest BCUT2D eigenvalue weighted by atomic mass is 10.1. The van der Waals surface area contributed by atoms with Crippen LogP contribution in [0.15, 0.2) is 46.9 Å². The Kier molecular flexibility index (Phi) is 11.1. The maximum Gasteiger partial charge on any atom is 0.224 e. The average Bonchev–Trinajstić information content (AvgIpc) is 3.33. The van der Waals surface area contributed by atoms with Gasteiger partial charge >= 0.3 is 0 Å². The summed E-state index contributed by atoms with van der Waals surface area (Å²) in [6.45, 7) is 9.45. The number of guanidine groups is 1. The molecule has 170 valence electrons. The summed E-state index contributed by atoms with van der Waals surface area (Å²) in [7, 11) is 0. The molecule has 31 heavy (non-hydrogen) atoms. The van der Waals surface area contributed by atoms with Crippen LogP contribution < -0.4 is 15.5 Å². The molecule has 3 heterocycles. The summed E-state index contributed by atoms with van der Waals surface area (Å²) in [5, 5.41) is 8.66. The number of thiophene rings is 1. The van der Waals surface area contributed by atoms with Crippen LogP contribution in [-0.4, -0.2) is 67.6 Å². The summed E-state index contributed by atoms with van der Waals surface area (Å²) in [4.78, 5) is 27.2. The summed E-state index contributed by atoms with van der Waals surface area (Å²) in [5.74, 6) is 2.33. The van der Waals surface area contributed by atoms with Gasteiger partial charge in [-0.25, -0.2) is 4.98 Å². The molecule has 0 aromatic carbocycles. The minimum absolute atomic E-state index is 0. The molecule has 1 aliphatic heterocycles. The Morgan fingerprint density at radius 3 is 2.65 bits per heavy atom. The van der Waals surface area contributed by atoms with Gasteiger partial charge in [0.15, 0.2) is 5.96 Å². The number of carbonyl (C=O) groups is 1. The Morgan fingerprint density at radius 2 is 2.00 bits per heavy atom. The Hall–Kier alpha value is -1.88. The second-order valence-electron chi connectivity index (χ2n) is 7.37. The first-order valence-electron chi connectivity index (χ1n) is 10.7. The standard InChI is InChI=1S/C22H32N6OS.HI/c1-3-23-22(26-17-18(2)19-7-6-16-30-19)25-11-9-21(29)28-14-12-27(13-15-28)20-8-4-5-10-24-20;/h4-8,10,16,18H,3,9,11-15,17H2,1-2H3,(H2,23,25,26);1H. The van der Waals surface area contributed by atoms with E-state index in [1.807, 2.05) is 36.2 Å². The van der Waals surface area contributed by atoms with Gasteiger partial charge in [-0.1, -0.05) is 19.1 Å². The van der Waals surface area contributed by atoms with Gasteiger partial charge in [0.25, 0.3) is 0 Å². The number of halogens is 1.